The molecule has 0 N–H and O–H groups in total. The molecule has 122 valence electrons. The van der Waals surface area contributed by atoms with E-state index in [1.165, 1.54) is 19.3 Å². The van der Waals surface area contributed by atoms with Gasteiger partial charge in [0.25, 0.3) is 0 Å². The van der Waals surface area contributed by atoms with Crippen molar-refractivity contribution in [1.82, 2.24) is 0 Å². The van der Waals surface area contributed by atoms with E-state index in [1.54, 1.807) is 10.6 Å². The molecule has 2 aromatic rings. The monoisotopic (exact) mass is 324 g/mol. The van der Waals surface area contributed by atoms with Gasteiger partial charge >= 0.3 is 0 Å². The van der Waals surface area contributed by atoms with Gasteiger partial charge in [0.15, 0.2) is 0 Å². The zero-order valence-corrected chi connectivity index (χ0v) is 15.5. The molecule has 1 heteroatoms. The minimum atomic E-state index is -0.267. The predicted molar refractivity (Wildman–Crippen MR) is 104 cm³/mol. The molecule has 3 rings (SSSR count). The highest BCUT2D eigenvalue weighted by Gasteiger charge is 2.37. The van der Waals surface area contributed by atoms with Gasteiger partial charge < -0.3 is 0 Å². The van der Waals surface area contributed by atoms with Crippen LogP contribution in [0.4, 0.5) is 0 Å². The average molecular weight is 324 g/mol. The van der Waals surface area contributed by atoms with Crippen LogP contribution in [0.5, 0.6) is 0 Å². The molecule has 0 spiro atoms. The van der Waals surface area contributed by atoms with Crippen LogP contribution in [0.1, 0.15) is 40.0 Å². The van der Waals surface area contributed by atoms with Gasteiger partial charge in [-0.3, -0.25) is 0 Å². The fraction of sp³-hybridized carbons (Fsp3) is 0.455. The maximum absolute atomic E-state index is 2.45. The van der Waals surface area contributed by atoms with Crippen molar-refractivity contribution in [2.45, 2.75) is 45.7 Å². The van der Waals surface area contributed by atoms with E-state index < -0.39 is 0 Å². The molecule has 1 saturated carbocycles. The van der Waals surface area contributed by atoms with Crippen LogP contribution in [0.2, 0.25) is 0 Å². The first-order valence-corrected chi connectivity index (χ1v) is 10.5. The van der Waals surface area contributed by atoms with Gasteiger partial charge in [-0.1, -0.05) is 87.9 Å². The molecule has 2 aromatic carbocycles. The Morgan fingerprint density at radius 1 is 0.826 bits per heavy atom. The van der Waals surface area contributed by atoms with E-state index >= 15 is 0 Å². The Morgan fingerprint density at radius 2 is 1.35 bits per heavy atom. The number of rotatable bonds is 4. The average Bonchev–Trinajstić information content (AvgIpc) is 2.57. The Labute approximate surface area is 143 Å². The van der Waals surface area contributed by atoms with E-state index in [0.29, 0.717) is 0 Å². The summed E-state index contributed by atoms with van der Waals surface area (Å²) in [5, 5.41) is 3.11. The third-order valence-corrected chi connectivity index (χ3v) is 8.35. The molecule has 0 amide bonds. The standard InChI is InChI=1S/C22H29P/c1-17(2)21-15-14-18(3)16-22(21)23(19-10-6-4-7-11-19)20-12-8-5-9-13-20/h4-13,17-18,21-22H,14-16H2,1-3H3/t18-,21+,22-/m0/s1. The van der Waals surface area contributed by atoms with Crippen molar-refractivity contribution in [2.75, 3.05) is 0 Å². The Balaban J connectivity index is 2.03. The predicted octanol–water partition coefficient (Wildman–Crippen LogP) is 5.58. The largest absolute Gasteiger partial charge is 0.0625 e. The lowest BCUT2D eigenvalue weighted by Crippen LogP contribution is -2.35. The first-order valence-electron chi connectivity index (χ1n) is 9.06. The van der Waals surface area contributed by atoms with Crippen LogP contribution in [0.25, 0.3) is 0 Å². The molecular formula is C22H29P. The van der Waals surface area contributed by atoms with Crippen LogP contribution in [0, 0.1) is 17.8 Å². The lowest BCUT2D eigenvalue weighted by molar-refractivity contribution is 0.242. The van der Waals surface area contributed by atoms with Gasteiger partial charge in [0.2, 0.25) is 0 Å². The molecule has 0 aliphatic heterocycles. The number of hydrogen-bond acceptors (Lipinski definition) is 0. The number of benzene rings is 2. The summed E-state index contributed by atoms with van der Waals surface area (Å²) in [7, 11) is -0.267. The summed E-state index contributed by atoms with van der Waals surface area (Å²) in [5.74, 6) is 2.51. The molecule has 1 aliphatic rings. The van der Waals surface area contributed by atoms with Gasteiger partial charge in [0.05, 0.1) is 0 Å². The first-order chi connectivity index (χ1) is 11.2. The summed E-state index contributed by atoms with van der Waals surface area (Å²) >= 11 is 0. The fourth-order valence-electron chi connectivity index (χ4n) is 4.16. The summed E-state index contributed by atoms with van der Waals surface area (Å²) in [6.45, 7) is 7.31. The van der Waals surface area contributed by atoms with Gasteiger partial charge in [-0.05, 0) is 54.8 Å². The van der Waals surface area contributed by atoms with Crippen molar-refractivity contribution in [3.63, 3.8) is 0 Å². The molecule has 0 radical (unpaired) electrons. The Kier molecular flexibility index (Phi) is 5.54. The van der Waals surface area contributed by atoms with E-state index in [4.69, 9.17) is 0 Å². The molecule has 0 unspecified atom stereocenters. The van der Waals surface area contributed by atoms with Gasteiger partial charge in [-0.2, -0.15) is 0 Å². The smallest absolute Gasteiger partial charge is 0.00955 e. The SMILES string of the molecule is CC(C)[C@H]1CC[C@H](C)C[C@@H]1P(c1ccccc1)c1ccccc1. The summed E-state index contributed by atoms with van der Waals surface area (Å²) < 4.78 is 0. The minimum absolute atomic E-state index is 0.267. The Morgan fingerprint density at radius 3 is 1.83 bits per heavy atom. The van der Waals surface area contributed by atoms with Crippen molar-refractivity contribution in [3.05, 3.63) is 60.7 Å². The highest BCUT2D eigenvalue weighted by molar-refractivity contribution is 7.73. The summed E-state index contributed by atoms with van der Waals surface area (Å²) in [6, 6.07) is 22.6. The van der Waals surface area contributed by atoms with Gasteiger partial charge in [-0.25, -0.2) is 0 Å². The van der Waals surface area contributed by atoms with Crippen LogP contribution >= 0.6 is 7.92 Å². The molecule has 0 bridgehead atoms. The van der Waals surface area contributed by atoms with Crippen LogP contribution < -0.4 is 10.6 Å². The van der Waals surface area contributed by atoms with E-state index in [1.807, 2.05) is 0 Å². The molecule has 0 nitrogen and oxygen atoms in total. The van der Waals surface area contributed by atoms with Crippen molar-refractivity contribution in [2.24, 2.45) is 17.8 Å². The summed E-state index contributed by atoms with van der Waals surface area (Å²) in [5.41, 5.74) is 0.818. The van der Waals surface area contributed by atoms with Gasteiger partial charge in [-0.15, -0.1) is 0 Å². The zero-order valence-electron chi connectivity index (χ0n) is 14.7. The molecule has 3 atom stereocenters. The van der Waals surface area contributed by atoms with Crippen LogP contribution in [0.15, 0.2) is 60.7 Å². The lowest BCUT2D eigenvalue weighted by Gasteiger charge is -2.42. The molecule has 1 fully saturated rings. The molecule has 1 aliphatic carbocycles. The summed E-state index contributed by atoms with van der Waals surface area (Å²) in [6.07, 6.45) is 4.20. The van der Waals surface area contributed by atoms with Crippen molar-refractivity contribution >= 4 is 18.5 Å². The van der Waals surface area contributed by atoms with E-state index in [-0.39, 0.29) is 7.92 Å². The third kappa shape index (κ3) is 3.86. The van der Waals surface area contributed by atoms with Crippen molar-refractivity contribution in [1.29, 1.82) is 0 Å². The fourth-order valence-corrected chi connectivity index (χ4v) is 7.66. The second-order valence-electron chi connectivity index (χ2n) is 7.43. The van der Waals surface area contributed by atoms with Crippen molar-refractivity contribution in [3.8, 4) is 0 Å². The molecule has 0 saturated heterocycles. The second-order valence-corrected chi connectivity index (χ2v) is 9.87. The van der Waals surface area contributed by atoms with Gasteiger partial charge in [0.1, 0.15) is 0 Å². The topological polar surface area (TPSA) is 0 Å². The minimum Gasteiger partial charge on any atom is -0.0625 e. The Hall–Kier alpha value is -1.13. The highest BCUT2D eigenvalue weighted by Crippen LogP contribution is 2.51. The van der Waals surface area contributed by atoms with E-state index in [0.717, 1.165) is 23.4 Å². The highest BCUT2D eigenvalue weighted by atomic mass is 31.1. The summed E-state index contributed by atoms with van der Waals surface area (Å²) in [4.78, 5) is 0. The maximum atomic E-state index is 2.45. The quantitative estimate of drug-likeness (QED) is 0.644. The number of hydrogen-bond donors (Lipinski definition) is 0. The molecule has 0 aromatic heterocycles. The third-order valence-electron chi connectivity index (χ3n) is 5.39. The maximum Gasteiger partial charge on any atom is -0.00955 e. The van der Waals surface area contributed by atoms with Crippen LogP contribution in [-0.2, 0) is 0 Å². The zero-order chi connectivity index (χ0) is 16.2. The second kappa shape index (κ2) is 7.63. The van der Waals surface area contributed by atoms with Crippen LogP contribution in [0.3, 0.4) is 0 Å². The lowest BCUT2D eigenvalue weighted by atomic mass is 9.77. The van der Waals surface area contributed by atoms with Crippen LogP contribution in [-0.4, -0.2) is 5.66 Å². The molecule has 0 heterocycles. The first kappa shape index (κ1) is 16.7. The van der Waals surface area contributed by atoms with E-state index in [2.05, 4.69) is 81.4 Å². The Bertz CT molecular complexity index is 550. The van der Waals surface area contributed by atoms with Gasteiger partial charge in [0, 0.05) is 0 Å². The molecule has 23 heavy (non-hydrogen) atoms. The normalized spacial score (nSPS) is 25.0. The molecular weight excluding hydrogens is 295 g/mol. The van der Waals surface area contributed by atoms with E-state index in [9.17, 15) is 0 Å². The van der Waals surface area contributed by atoms with Crippen molar-refractivity contribution < 1.29 is 0 Å².